The van der Waals surface area contributed by atoms with Crippen LogP contribution in [0.15, 0.2) is 71.9 Å². The molecule has 4 rings (SSSR count). The van der Waals surface area contributed by atoms with Crippen LogP contribution in [-0.4, -0.2) is 36.3 Å². The van der Waals surface area contributed by atoms with E-state index in [1.165, 1.54) is 6.26 Å². The SMILES string of the molecule is COc1ccc(Nc2ncc3ccn(-c4ccc(S(C)(=O)=O)cc4)c3n2)cc1. The summed E-state index contributed by atoms with van der Waals surface area (Å²) in [5.74, 6) is 1.23. The first-order chi connectivity index (χ1) is 13.4. The molecular formula is C20H18N4O3S. The highest BCUT2D eigenvalue weighted by atomic mass is 32.2. The van der Waals surface area contributed by atoms with Crippen LogP contribution < -0.4 is 10.1 Å². The van der Waals surface area contributed by atoms with Crippen molar-refractivity contribution in [3.63, 3.8) is 0 Å². The lowest BCUT2D eigenvalue weighted by Gasteiger charge is -2.08. The van der Waals surface area contributed by atoms with Crippen molar-refractivity contribution in [2.24, 2.45) is 0 Å². The third-order valence-electron chi connectivity index (χ3n) is 4.32. The summed E-state index contributed by atoms with van der Waals surface area (Å²) in [5.41, 5.74) is 2.38. The fourth-order valence-electron chi connectivity index (χ4n) is 2.84. The molecule has 2 aromatic heterocycles. The van der Waals surface area contributed by atoms with Gasteiger partial charge in [-0.2, -0.15) is 4.98 Å². The van der Waals surface area contributed by atoms with Gasteiger partial charge in [-0.1, -0.05) is 0 Å². The van der Waals surface area contributed by atoms with E-state index in [0.717, 1.165) is 28.2 Å². The summed E-state index contributed by atoms with van der Waals surface area (Å²) >= 11 is 0. The number of hydrogen-bond donors (Lipinski definition) is 1. The number of anilines is 2. The van der Waals surface area contributed by atoms with Gasteiger partial charge in [-0.25, -0.2) is 13.4 Å². The average molecular weight is 394 g/mol. The number of sulfone groups is 1. The summed E-state index contributed by atoms with van der Waals surface area (Å²) in [5, 5.41) is 4.06. The molecule has 0 aliphatic carbocycles. The van der Waals surface area contributed by atoms with Crippen LogP contribution in [0.4, 0.5) is 11.6 Å². The van der Waals surface area contributed by atoms with E-state index in [2.05, 4.69) is 15.3 Å². The molecule has 4 aromatic rings. The third-order valence-corrected chi connectivity index (χ3v) is 5.44. The molecule has 142 valence electrons. The fraction of sp³-hybridized carbons (Fsp3) is 0.100. The molecule has 2 heterocycles. The molecule has 2 aromatic carbocycles. The van der Waals surface area contributed by atoms with Crippen LogP contribution in [0.1, 0.15) is 0 Å². The second kappa shape index (κ2) is 6.97. The van der Waals surface area contributed by atoms with Crippen LogP contribution in [0.5, 0.6) is 5.75 Å². The normalized spacial score (nSPS) is 11.5. The summed E-state index contributed by atoms with van der Waals surface area (Å²) in [7, 11) is -1.61. The van der Waals surface area contributed by atoms with E-state index in [0.29, 0.717) is 5.95 Å². The number of methoxy groups -OCH3 is 1. The Morgan fingerprint density at radius 3 is 2.36 bits per heavy atom. The second-order valence-electron chi connectivity index (χ2n) is 6.28. The monoisotopic (exact) mass is 394 g/mol. The lowest BCUT2D eigenvalue weighted by atomic mass is 10.3. The fourth-order valence-corrected chi connectivity index (χ4v) is 3.47. The van der Waals surface area contributed by atoms with Crippen molar-refractivity contribution in [2.75, 3.05) is 18.7 Å². The molecule has 8 heteroatoms. The molecule has 0 spiro atoms. The lowest BCUT2D eigenvalue weighted by molar-refractivity contribution is 0.415. The number of hydrogen-bond acceptors (Lipinski definition) is 6. The van der Waals surface area contributed by atoms with Crippen LogP contribution in [0, 0.1) is 0 Å². The van der Waals surface area contributed by atoms with Gasteiger partial charge in [0, 0.05) is 35.4 Å². The van der Waals surface area contributed by atoms with Gasteiger partial charge in [-0.3, -0.25) is 0 Å². The van der Waals surface area contributed by atoms with E-state index in [1.807, 2.05) is 41.1 Å². The molecule has 0 radical (unpaired) electrons. The summed E-state index contributed by atoms with van der Waals surface area (Å²) in [6, 6.07) is 16.1. The first-order valence-electron chi connectivity index (χ1n) is 8.50. The number of aromatic nitrogens is 3. The lowest BCUT2D eigenvalue weighted by Crippen LogP contribution is -2.01. The Kier molecular flexibility index (Phi) is 4.48. The van der Waals surface area contributed by atoms with Crippen molar-refractivity contribution in [3.8, 4) is 11.4 Å². The highest BCUT2D eigenvalue weighted by Gasteiger charge is 2.10. The van der Waals surface area contributed by atoms with E-state index >= 15 is 0 Å². The summed E-state index contributed by atoms with van der Waals surface area (Å²) < 4.78 is 30.4. The Morgan fingerprint density at radius 2 is 1.71 bits per heavy atom. The zero-order chi connectivity index (χ0) is 19.7. The molecule has 7 nitrogen and oxygen atoms in total. The quantitative estimate of drug-likeness (QED) is 0.557. The van der Waals surface area contributed by atoms with Gasteiger partial charge in [0.15, 0.2) is 9.84 Å². The zero-order valence-electron chi connectivity index (χ0n) is 15.3. The number of nitrogens with one attached hydrogen (secondary N) is 1. The minimum Gasteiger partial charge on any atom is -0.497 e. The van der Waals surface area contributed by atoms with E-state index in [9.17, 15) is 8.42 Å². The highest BCUT2D eigenvalue weighted by Crippen LogP contribution is 2.23. The molecule has 0 unspecified atom stereocenters. The van der Waals surface area contributed by atoms with Crippen molar-refractivity contribution >= 4 is 32.5 Å². The molecule has 0 amide bonds. The Hall–Kier alpha value is -3.39. The van der Waals surface area contributed by atoms with Crippen LogP contribution in [0.25, 0.3) is 16.7 Å². The molecule has 0 saturated heterocycles. The molecule has 0 bridgehead atoms. The van der Waals surface area contributed by atoms with Gasteiger partial charge in [-0.15, -0.1) is 0 Å². The first-order valence-corrected chi connectivity index (χ1v) is 10.4. The van der Waals surface area contributed by atoms with Gasteiger partial charge in [0.1, 0.15) is 11.4 Å². The van der Waals surface area contributed by atoms with Crippen molar-refractivity contribution in [1.29, 1.82) is 0 Å². The maximum absolute atomic E-state index is 11.7. The first kappa shape index (κ1) is 18.0. The Labute approximate surface area is 162 Å². The van der Waals surface area contributed by atoms with Gasteiger partial charge in [0.2, 0.25) is 5.95 Å². The largest absolute Gasteiger partial charge is 0.497 e. The van der Waals surface area contributed by atoms with E-state index in [4.69, 9.17) is 4.74 Å². The molecule has 0 saturated carbocycles. The summed E-state index contributed by atoms with van der Waals surface area (Å²) in [6.07, 6.45) is 4.82. The maximum Gasteiger partial charge on any atom is 0.229 e. The molecule has 0 aliphatic rings. The van der Waals surface area contributed by atoms with Crippen LogP contribution in [-0.2, 0) is 9.84 Å². The Morgan fingerprint density at radius 1 is 1.00 bits per heavy atom. The van der Waals surface area contributed by atoms with Crippen molar-refractivity contribution < 1.29 is 13.2 Å². The molecular weight excluding hydrogens is 376 g/mol. The van der Waals surface area contributed by atoms with Crippen molar-refractivity contribution in [1.82, 2.24) is 14.5 Å². The predicted octanol–water partition coefficient (Wildman–Crippen LogP) is 3.58. The molecule has 0 atom stereocenters. The third kappa shape index (κ3) is 3.54. The zero-order valence-corrected chi connectivity index (χ0v) is 16.1. The average Bonchev–Trinajstić information content (AvgIpc) is 3.11. The summed E-state index contributed by atoms with van der Waals surface area (Å²) in [6.45, 7) is 0. The number of nitrogens with zero attached hydrogens (tertiary/aromatic N) is 3. The van der Waals surface area contributed by atoms with Crippen molar-refractivity contribution in [3.05, 3.63) is 67.0 Å². The van der Waals surface area contributed by atoms with E-state index in [-0.39, 0.29) is 4.90 Å². The highest BCUT2D eigenvalue weighted by molar-refractivity contribution is 7.90. The van der Waals surface area contributed by atoms with Crippen LogP contribution in [0.2, 0.25) is 0 Å². The molecule has 0 fully saturated rings. The molecule has 0 aliphatic heterocycles. The maximum atomic E-state index is 11.7. The minimum atomic E-state index is -3.23. The van der Waals surface area contributed by atoms with E-state index < -0.39 is 9.84 Å². The second-order valence-corrected chi connectivity index (χ2v) is 8.29. The molecule has 28 heavy (non-hydrogen) atoms. The van der Waals surface area contributed by atoms with Gasteiger partial charge < -0.3 is 14.6 Å². The van der Waals surface area contributed by atoms with Gasteiger partial charge in [-0.05, 0) is 54.6 Å². The van der Waals surface area contributed by atoms with Gasteiger partial charge in [0.05, 0.1) is 12.0 Å². The van der Waals surface area contributed by atoms with Gasteiger partial charge >= 0.3 is 0 Å². The number of rotatable bonds is 5. The predicted molar refractivity (Wildman–Crippen MR) is 108 cm³/mol. The number of benzene rings is 2. The number of ether oxygens (including phenoxy) is 1. The number of fused-ring (bicyclic) bond motifs is 1. The summed E-state index contributed by atoms with van der Waals surface area (Å²) in [4.78, 5) is 9.25. The Balaban J connectivity index is 1.67. The van der Waals surface area contributed by atoms with Crippen LogP contribution >= 0.6 is 0 Å². The molecule has 1 N–H and O–H groups in total. The smallest absolute Gasteiger partial charge is 0.229 e. The standard InChI is InChI=1S/C20H18N4O3S/c1-27-17-7-3-15(4-8-17)22-20-21-13-14-11-12-24(19(14)23-20)16-5-9-18(10-6-16)28(2,25)26/h3-13H,1-2H3,(H,21,22,23). The minimum absolute atomic E-state index is 0.282. The van der Waals surface area contributed by atoms with Crippen molar-refractivity contribution in [2.45, 2.75) is 4.90 Å². The Bertz CT molecular complexity index is 1230. The van der Waals surface area contributed by atoms with Crippen LogP contribution in [0.3, 0.4) is 0 Å². The topological polar surface area (TPSA) is 86.1 Å². The van der Waals surface area contributed by atoms with E-state index in [1.54, 1.807) is 37.6 Å². The van der Waals surface area contributed by atoms with Gasteiger partial charge in [0.25, 0.3) is 0 Å².